The molecule has 1 heterocycles. The molecule has 0 unspecified atom stereocenters. The quantitative estimate of drug-likeness (QED) is 0.396. The summed E-state index contributed by atoms with van der Waals surface area (Å²) in [4.78, 5) is 0. The average Bonchev–Trinajstić information content (AvgIpc) is 1.27. The zero-order valence-corrected chi connectivity index (χ0v) is 5.23. The molecule has 0 bridgehead atoms. The molecular formula is C6H12N+. The third-order valence-corrected chi connectivity index (χ3v) is 1.23. The fourth-order valence-electron chi connectivity index (χ4n) is 1.21. The smallest absolute Gasteiger partial charge is 0.109 e. The third-order valence-electron chi connectivity index (χ3n) is 1.23. The molecule has 0 spiro atoms. The van der Waals surface area contributed by atoms with E-state index >= 15 is 0 Å². The predicted octanol–water partition coefficient (Wildman–Crippen LogP) is 0.980. The molecule has 0 radical (unpaired) electrons. The molecule has 0 aliphatic carbocycles. The van der Waals surface area contributed by atoms with Gasteiger partial charge in [-0.15, -0.1) is 0 Å². The van der Waals surface area contributed by atoms with Crippen LogP contribution >= 0.6 is 0 Å². The Kier molecular flexibility index (Phi) is 0.762. The van der Waals surface area contributed by atoms with Crippen LogP contribution < -0.4 is 0 Å². The molecular weight excluding hydrogens is 86.1 g/mol. The highest BCUT2D eigenvalue weighted by molar-refractivity contribution is 5.00. The molecule has 40 valence electrons. The van der Waals surface area contributed by atoms with E-state index in [9.17, 15) is 0 Å². The highest BCUT2D eigenvalue weighted by atomic mass is 15.3. The van der Waals surface area contributed by atoms with Crippen LogP contribution in [0, 0.1) is 0 Å². The lowest BCUT2D eigenvalue weighted by Crippen LogP contribution is -2.42. The van der Waals surface area contributed by atoms with E-state index in [4.69, 9.17) is 0 Å². The Hall–Kier alpha value is -0.300. The summed E-state index contributed by atoms with van der Waals surface area (Å²) in [6.45, 7) is 3.41. The minimum absolute atomic E-state index is 1.08. The van der Waals surface area contributed by atoms with E-state index in [1.807, 2.05) is 0 Å². The van der Waals surface area contributed by atoms with Crippen LogP contribution in [0.3, 0.4) is 0 Å². The van der Waals surface area contributed by atoms with Crippen molar-refractivity contribution in [2.24, 2.45) is 0 Å². The van der Waals surface area contributed by atoms with Gasteiger partial charge in [-0.1, -0.05) is 0 Å². The summed E-state index contributed by atoms with van der Waals surface area (Å²) >= 11 is 0. The van der Waals surface area contributed by atoms with Crippen LogP contribution in [0.4, 0.5) is 0 Å². The van der Waals surface area contributed by atoms with Crippen LogP contribution in [0.1, 0.15) is 6.92 Å². The lowest BCUT2D eigenvalue weighted by atomic mass is 10.2. The van der Waals surface area contributed by atoms with Crippen LogP contribution in [0.2, 0.25) is 0 Å². The summed E-state index contributed by atoms with van der Waals surface area (Å²) in [7, 11) is 4.40. The van der Waals surface area contributed by atoms with Gasteiger partial charge >= 0.3 is 0 Å². The van der Waals surface area contributed by atoms with Gasteiger partial charge in [0.05, 0.1) is 14.1 Å². The third kappa shape index (κ3) is 0.829. The molecule has 0 atom stereocenters. The van der Waals surface area contributed by atoms with E-state index < -0.39 is 0 Å². The molecule has 0 saturated heterocycles. The van der Waals surface area contributed by atoms with Crippen LogP contribution in [-0.4, -0.2) is 25.1 Å². The Morgan fingerprint density at radius 1 is 1.57 bits per heavy atom. The molecule has 1 rings (SSSR count). The molecule has 0 saturated carbocycles. The number of hydrogen-bond donors (Lipinski definition) is 0. The summed E-state index contributed by atoms with van der Waals surface area (Å²) < 4.78 is 1.08. The van der Waals surface area contributed by atoms with Crippen molar-refractivity contribution in [1.82, 2.24) is 0 Å². The standard InChI is InChI=1S/C6H12N/c1-6-4-7(2,3)5-6/h4H,5H2,1-3H3/q+1. The van der Waals surface area contributed by atoms with E-state index in [-0.39, 0.29) is 0 Å². The molecule has 1 aliphatic rings. The molecule has 0 fully saturated rings. The predicted molar refractivity (Wildman–Crippen MR) is 30.7 cm³/mol. The van der Waals surface area contributed by atoms with E-state index in [1.54, 1.807) is 0 Å². The summed E-state index contributed by atoms with van der Waals surface area (Å²) in [5.41, 5.74) is 1.52. The average molecular weight is 98.2 g/mol. The van der Waals surface area contributed by atoms with E-state index in [2.05, 4.69) is 27.2 Å². The van der Waals surface area contributed by atoms with E-state index in [0.717, 1.165) is 4.48 Å². The Balaban J connectivity index is 2.60. The Bertz CT molecular complexity index is 111. The van der Waals surface area contributed by atoms with Gasteiger partial charge in [0.2, 0.25) is 0 Å². The lowest BCUT2D eigenvalue weighted by Gasteiger charge is -2.33. The Morgan fingerprint density at radius 2 is 2.00 bits per heavy atom. The molecule has 7 heavy (non-hydrogen) atoms. The Morgan fingerprint density at radius 3 is 2.00 bits per heavy atom. The normalized spacial score (nSPS) is 25.9. The van der Waals surface area contributed by atoms with E-state index in [0.29, 0.717) is 0 Å². The molecule has 0 aromatic carbocycles. The fourth-order valence-corrected chi connectivity index (χ4v) is 1.21. The largest absolute Gasteiger partial charge is 0.298 e. The van der Waals surface area contributed by atoms with Crippen molar-refractivity contribution < 1.29 is 4.48 Å². The van der Waals surface area contributed by atoms with Gasteiger partial charge in [0.1, 0.15) is 12.7 Å². The van der Waals surface area contributed by atoms with Crippen LogP contribution in [0.25, 0.3) is 0 Å². The minimum atomic E-state index is 1.08. The van der Waals surface area contributed by atoms with Crippen LogP contribution in [0.15, 0.2) is 11.8 Å². The molecule has 1 aliphatic heterocycles. The minimum Gasteiger partial charge on any atom is -0.298 e. The van der Waals surface area contributed by atoms with Gasteiger partial charge in [-0.2, -0.15) is 0 Å². The first kappa shape index (κ1) is 4.85. The zero-order chi connectivity index (χ0) is 5.49. The van der Waals surface area contributed by atoms with Gasteiger partial charge < -0.3 is 0 Å². The van der Waals surface area contributed by atoms with Crippen molar-refractivity contribution in [2.75, 3.05) is 20.6 Å². The number of nitrogens with zero attached hydrogens (tertiary/aromatic N) is 1. The summed E-state index contributed by atoms with van der Waals surface area (Å²) in [5, 5.41) is 0. The van der Waals surface area contributed by atoms with Crippen molar-refractivity contribution in [1.29, 1.82) is 0 Å². The SMILES string of the molecule is CC1=C[N+](C)(C)C1. The summed E-state index contributed by atoms with van der Waals surface area (Å²) in [5.74, 6) is 0. The maximum atomic E-state index is 2.26. The van der Waals surface area contributed by atoms with Gasteiger partial charge in [0.25, 0.3) is 0 Å². The van der Waals surface area contributed by atoms with Gasteiger partial charge in [-0.05, 0) is 6.92 Å². The molecule has 0 aromatic rings. The van der Waals surface area contributed by atoms with Crippen molar-refractivity contribution in [3.05, 3.63) is 11.8 Å². The molecule has 0 N–H and O–H groups in total. The van der Waals surface area contributed by atoms with E-state index in [1.165, 1.54) is 12.1 Å². The lowest BCUT2D eigenvalue weighted by molar-refractivity contribution is -0.852. The monoisotopic (exact) mass is 98.1 g/mol. The maximum absolute atomic E-state index is 2.26. The van der Waals surface area contributed by atoms with Crippen molar-refractivity contribution >= 4 is 0 Å². The first-order chi connectivity index (χ1) is 3.10. The topological polar surface area (TPSA) is 0 Å². The zero-order valence-electron chi connectivity index (χ0n) is 5.23. The number of likely N-dealkylation sites (N-methyl/N-ethyl adjacent to an activating group) is 1. The molecule has 1 nitrogen and oxygen atoms in total. The highest BCUT2D eigenvalue weighted by Gasteiger charge is 2.22. The Labute approximate surface area is 44.8 Å². The fraction of sp³-hybridized carbons (Fsp3) is 0.667. The molecule has 0 aromatic heterocycles. The second-order valence-corrected chi connectivity index (χ2v) is 2.91. The van der Waals surface area contributed by atoms with Gasteiger partial charge in [0, 0.05) is 5.57 Å². The van der Waals surface area contributed by atoms with Crippen molar-refractivity contribution in [3.8, 4) is 0 Å². The summed E-state index contributed by atoms with van der Waals surface area (Å²) in [6, 6.07) is 0. The first-order valence-electron chi connectivity index (χ1n) is 2.61. The highest BCUT2D eigenvalue weighted by Crippen LogP contribution is 2.16. The molecule has 0 amide bonds. The van der Waals surface area contributed by atoms with Gasteiger partial charge in [-0.3, -0.25) is 4.48 Å². The van der Waals surface area contributed by atoms with Gasteiger partial charge in [0.15, 0.2) is 0 Å². The van der Waals surface area contributed by atoms with Crippen LogP contribution in [-0.2, 0) is 0 Å². The van der Waals surface area contributed by atoms with Crippen molar-refractivity contribution in [3.63, 3.8) is 0 Å². The number of hydrogen-bond acceptors (Lipinski definition) is 0. The molecule has 1 heteroatoms. The second-order valence-electron chi connectivity index (χ2n) is 2.91. The summed E-state index contributed by atoms with van der Waals surface area (Å²) in [6.07, 6.45) is 2.26. The van der Waals surface area contributed by atoms with Gasteiger partial charge in [-0.25, -0.2) is 0 Å². The van der Waals surface area contributed by atoms with Crippen LogP contribution in [0.5, 0.6) is 0 Å². The van der Waals surface area contributed by atoms with Crippen molar-refractivity contribution in [2.45, 2.75) is 6.92 Å². The first-order valence-corrected chi connectivity index (χ1v) is 2.61. The maximum Gasteiger partial charge on any atom is 0.109 e. The number of quaternary nitrogens is 1. The number of rotatable bonds is 0. The second kappa shape index (κ2) is 1.10.